The number of hydrogen-bond donors (Lipinski definition) is 2. The maximum Gasteiger partial charge on any atom is 0.291 e. The van der Waals surface area contributed by atoms with Gasteiger partial charge in [-0.15, -0.1) is 11.3 Å². The van der Waals surface area contributed by atoms with Crippen LogP contribution in [-0.4, -0.2) is 18.0 Å². The second-order valence-electron chi connectivity index (χ2n) is 4.78. The first-order chi connectivity index (χ1) is 11.7. The van der Waals surface area contributed by atoms with Gasteiger partial charge in [0.2, 0.25) is 0 Å². The predicted octanol–water partition coefficient (Wildman–Crippen LogP) is 4.26. The Morgan fingerprint density at radius 2 is 2.29 bits per heavy atom. The minimum atomic E-state index is -0.335. The van der Waals surface area contributed by atoms with Crippen LogP contribution in [0.25, 0.3) is 0 Å². The zero-order valence-electron chi connectivity index (χ0n) is 12.7. The number of benzene rings is 1. The minimum Gasteiger partial charge on any atom is -0.494 e. The van der Waals surface area contributed by atoms with Crippen molar-refractivity contribution >= 4 is 40.2 Å². The van der Waals surface area contributed by atoms with Crippen molar-refractivity contribution in [2.75, 3.05) is 17.7 Å². The van der Waals surface area contributed by atoms with Crippen molar-refractivity contribution in [2.24, 2.45) is 0 Å². The smallest absolute Gasteiger partial charge is 0.291 e. The number of anilines is 2. The van der Waals surface area contributed by atoms with Crippen LogP contribution in [-0.2, 0) is 6.54 Å². The molecule has 0 bridgehead atoms. The van der Waals surface area contributed by atoms with E-state index in [1.165, 1.54) is 17.6 Å². The van der Waals surface area contributed by atoms with Gasteiger partial charge in [-0.1, -0.05) is 11.6 Å². The van der Waals surface area contributed by atoms with Crippen LogP contribution >= 0.6 is 22.9 Å². The molecule has 0 saturated heterocycles. The second-order valence-corrected chi connectivity index (χ2v) is 6.48. The number of nitrogens with zero attached hydrogens (tertiary/aromatic N) is 1. The molecule has 2 heterocycles. The molecule has 1 amide bonds. The highest BCUT2D eigenvalue weighted by Gasteiger charge is 2.12. The molecule has 0 fully saturated rings. The van der Waals surface area contributed by atoms with Crippen molar-refractivity contribution in [2.45, 2.75) is 6.54 Å². The fraction of sp³-hybridized carbons (Fsp3) is 0.125. The van der Waals surface area contributed by atoms with E-state index in [2.05, 4.69) is 15.6 Å². The number of hydrogen-bond acceptors (Lipinski definition) is 6. The summed E-state index contributed by atoms with van der Waals surface area (Å²) in [5.74, 6) is 0.446. The van der Waals surface area contributed by atoms with Crippen LogP contribution < -0.4 is 15.4 Å². The van der Waals surface area contributed by atoms with E-state index < -0.39 is 0 Å². The monoisotopic (exact) mass is 363 g/mol. The van der Waals surface area contributed by atoms with Crippen LogP contribution in [0.3, 0.4) is 0 Å². The van der Waals surface area contributed by atoms with Crippen LogP contribution in [0.1, 0.15) is 15.4 Å². The molecule has 0 aliphatic rings. The summed E-state index contributed by atoms with van der Waals surface area (Å²) in [6, 6.07) is 8.67. The van der Waals surface area contributed by atoms with Crippen molar-refractivity contribution in [3.63, 3.8) is 0 Å². The first kappa shape index (κ1) is 16.4. The summed E-state index contributed by atoms with van der Waals surface area (Å²) in [7, 11) is 1.55. The summed E-state index contributed by atoms with van der Waals surface area (Å²) < 4.78 is 10.9. The highest BCUT2D eigenvalue weighted by Crippen LogP contribution is 2.29. The Kier molecular flexibility index (Phi) is 5.02. The number of carbonyl (C=O) groups is 1. The van der Waals surface area contributed by atoms with Crippen molar-refractivity contribution in [3.8, 4) is 5.75 Å². The Bertz CT molecular complexity index is 833. The number of ether oxygens (including phenoxy) is 1. The Labute approximate surface area is 147 Å². The highest BCUT2D eigenvalue weighted by molar-refractivity contribution is 7.15. The lowest BCUT2D eigenvalue weighted by molar-refractivity contribution is 0.0996. The molecule has 0 radical (unpaired) electrons. The van der Waals surface area contributed by atoms with Crippen LogP contribution in [0, 0.1) is 0 Å². The molecule has 2 aromatic heterocycles. The predicted molar refractivity (Wildman–Crippen MR) is 94.1 cm³/mol. The zero-order valence-corrected chi connectivity index (χ0v) is 14.3. The third kappa shape index (κ3) is 3.87. The van der Waals surface area contributed by atoms with E-state index >= 15 is 0 Å². The normalized spacial score (nSPS) is 10.4. The first-order valence-corrected chi connectivity index (χ1v) is 8.22. The third-order valence-electron chi connectivity index (χ3n) is 3.19. The molecule has 0 atom stereocenters. The van der Waals surface area contributed by atoms with Crippen LogP contribution in [0.4, 0.5) is 11.4 Å². The molecule has 0 spiro atoms. The summed E-state index contributed by atoms with van der Waals surface area (Å²) in [4.78, 5) is 17.1. The van der Waals surface area contributed by atoms with Gasteiger partial charge in [0.15, 0.2) is 10.2 Å². The Morgan fingerprint density at radius 3 is 2.96 bits per heavy atom. The summed E-state index contributed by atoms with van der Waals surface area (Å²) in [6.07, 6.45) is 3.18. The topological polar surface area (TPSA) is 76.4 Å². The van der Waals surface area contributed by atoms with Gasteiger partial charge in [0.1, 0.15) is 5.75 Å². The minimum absolute atomic E-state index is 0.237. The third-order valence-corrected chi connectivity index (χ3v) is 4.30. The van der Waals surface area contributed by atoms with E-state index in [9.17, 15) is 4.79 Å². The van der Waals surface area contributed by atoms with E-state index in [4.69, 9.17) is 20.8 Å². The number of methoxy groups -OCH3 is 1. The molecule has 0 saturated carbocycles. The van der Waals surface area contributed by atoms with Crippen molar-refractivity contribution in [1.29, 1.82) is 0 Å². The molecule has 124 valence electrons. The first-order valence-electron chi connectivity index (χ1n) is 7.02. The zero-order chi connectivity index (χ0) is 16.9. The van der Waals surface area contributed by atoms with Crippen molar-refractivity contribution in [3.05, 3.63) is 57.9 Å². The van der Waals surface area contributed by atoms with Gasteiger partial charge in [0.05, 0.1) is 25.6 Å². The molecule has 1 aromatic carbocycles. The molecule has 3 rings (SSSR count). The average Bonchev–Trinajstić information content (AvgIpc) is 3.25. The van der Waals surface area contributed by atoms with Crippen LogP contribution in [0.5, 0.6) is 5.75 Å². The number of aromatic nitrogens is 1. The van der Waals surface area contributed by atoms with Gasteiger partial charge in [-0.05, 0) is 24.3 Å². The van der Waals surface area contributed by atoms with Gasteiger partial charge in [-0.3, -0.25) is 4.79 Å². The Hall–Kier alpha value is -2.51. The lowest BCUT2D eigenvalue weighted by Gasteiger charge is -2.12. The number of furan rings is 1. The molecule has 6 nitrogen and oxygen atoms in total. The number of thiazole rings is 1. The summed E-state index contributed by atoms with van der Waals surface area (Å²) in [6.45, 7) is 0.603. The number of halogens is 1. The van der Waals surface area contributed by atoms with Gasteiger partial charge in [0.25, 0.3) is 5.91 Å². The number of nitrogens with one attached hydrogen (secondary N) is 2. The van der Waals surface area contributed by atoms with E-state index in [1.807, 2.05) is 6.07 Å². The van der Waals surface area contributed by atoms with Gasteiger partial charge in [-0.2, -0.15) is 0 Å². The number of rotatable bonds is 6. The maximum atomic E-state index is 12.0. The van der Waals surface area contributed by atoms with E-state index in [0.29, 0.717) is 22.4 Å². The molecule has 0 aliphatic carbocycles. The second kappa shape index (κ2) is 7.37. The molecular formula is C16H14ClN3O3S. The summed E-state index contributed by atoms with van der Waals surface area (Å²) in [5.41, 5.74) is 1.41. The average molecular weight is 364 g/mol. The van der Waals surface area contributed by atoms with E-state index in [0.717, 1.165) is 10.6 Å². The molecule has 0 aliphatic heterocycles. The van der Waals surface area contributed by atoms with Gasteiger partial charge in [-0.25, -0.2) is 4.98 Å². The standard InChI is InChI=1S/C16H14ClN3O3S/c1-22-14-7-10(18-8-11-9-19-16(17)24-11)4-5-12(14)20-15(21)13-3-2-6-23-13/h2-7,9,18H,8H2,1H3,(H,20,21). The quantitative estimate of drug-likeness (QED) is 0.684. The SMILES string of the molecule is COc1cc(NCc2cnc(Cl)s2)ccc1NC(=O)c1ccco1. The fourth-order valence-electron chi connectivity index (χ4n) is 2.05. The van der Waals surface area contributed by atoms with Gasteiger partial charge < -0.3 is 19.8 Å². The lowest BCUT2D eigenvalue weighted by Crippen LogP contribution is -2.11. The molecule has 0 unspecified atom stereocenters. The van der Waals surface area contributed by atoms with Crippen molar-refractivity contribution in [1.82, 2.24) is 4.98 Å². The Balaban J connectivity index is 1.69. The molecule has 8 heteroatoms. The molecule has 24 heavy (non-hydrogen) atoms. The van der Waals surface area contributed by atoms with E-state index in [1.54, 1.807) is 37.6 Å². The maximum absolute atomic E-state index is 12.0. The number of carbonyl (C=O) groups excluding carboxylic acids is 1. The molecule has 2 N–H and O–H groups in total. The molecular weight excluding hydrogens is 350 g/mol. The lowest BCUT2D eigenvalue weighted by atomic mass is 10.2. The summed E-state index contributed by atoms with van der Waals surface area (Å²) >= 11 is 7.23. The molecule has 3 aromatic rings. The summed E-state index contributed by atoms with van der Waals surface area (Å²) in [5, 5.41) is 6.01. The van der Waals surface area contributed by atoms with Crippen LogP contribution in [0.2, 0.25) is 4.47 Å². The fourth-order valence-corrected chi connectivity index (χ4v) is 2.97. The van der Waals surface area contributed by atoms with E-state index in [-0.39, 0.29) is 11.7 Å². The largest absolute Gasteiger partial charge is 0.494 e. The van der Waals surface area contributed by atoms with Crippen molar-refractivity contribution < 1.29 is 13.9 Å². The van der Waals surface area contributed by atoms with Gasteiger partial charge >= 0.3 is 0 Å². The van der Waals surface area contributed by atoms with Crippen LogP contribution in [0.15, 0.2) is 47.2 Å². The Morgan fingerprint density at radius 1 is 1.42 bits per heavy atom. The number of amides is 1. The van der Waals surface area contributed by atoms with Gasteiger partial charge in [0, 0.05) is 22.8 Å². The highest BCUT2D eigenvalue weighted by atomic mass is 35.5.